The minimum Gasteiger partial charge on any atom is -0.481 e. The summed E-state index contributed by atoms with van der Waals surface area (Å²) in [7, 11) is 0. The quantitative estimate of drug-likeness (QED) is 0.0825. The molecule has 30 heavy (non-hydrogen) atoms. The van der Waals surface area contributed by atoms with Gasteiger partial charge in [0.2, 0.25) is 5.91 Å². The molecule has 0 radical (unpaired) electrons. The Bertz CT molecular complexity index is 568. The largest absolute Gasteiger partial charge is 0.481 e. The van der Waals surface area contributed by atoms with Gasteiger partial charge in [-0.05, 0) is 12.8 Å². The number of nitrogens with one attached hydrogen (secondary N) is 2. The van der Waals surface area contributed by atoms with Crippen LogP contribution in [0.15, 0.2) is 0 Å². The van der Waals surface area contributed by atoms with Crippen LogP contribution in [0.2, 0.25) is 0 Å². The summed E-state index contributed by atoms with van der Waals surface area (Å²) in [5.74, 6) is -5.53. The van der Waals surface area contributed by atoms with Crippen molar-refractivity contribution >= 4 is 35.7 Å². The Morgan fingerprint density at radius 2 is 1.17 bits per heavy atom. The molecule has 0 saturated carbocycles. The van der Waals surface area contributed by atoms with E-state index in [1.165, 1.54) is 0 Å². The topological polar surface area (TPSA) is 332 Å². The number of carbonyl (C=O) groups is 5. The van der Waals surface area contributed by atoms with Crippen LogP contribution in [0.5, 0.6) is 0 Å². The van der Waals surface area contributed by atoms with E-state index in [4.69, 9.17) is 48.8 Å². The number of primary amides is 1. The molecule has 0 aliphatic rings. The molecule has 16 N–H and O–H groups in total. The number of carboxylic acid groups (broad SMARTS) is 4. The zero-order chi connectivity index (χ0) is 24.4. The fraction of sp³-hybridized carbons (Fsp3) is 0.571. The van der Waals surface area contributed by atoms with Crippen LogP contribution >= 0.6 is 0 Å². The van der Waals surface area contributed by atoms with Gasteiger partial charge in [-0.3, -0.25) is 29.4 Å². The van der Waals surface area contributed by atoms with Crippen molar-refractivity contribution in [3.63, 3.8) is 0 Å². The molecule has 0 aliphatic heterocycles. The monoisotopic (exact) mass is 439 g/mol. The van der Waals surface area contributed by atoms with Crippen molar-refractivity contribution in [1.29, 1.82) is 5.41 Å². The van der Waals surface area contributed by atoms with E-state index in [-0.39, 0.29) is 12.4 Å². The normalized spacial score (nSPS) is 12.4. The first kappa shape index (κ1) is 31.2. The fourth-order valence-corrected chi connectivity index (χ4v) is 1.25. The van der Waals surface area contributed by atoms with E-state index in [9.17, 15) is 24.0 Å². The smallest absolute Gasteiger partial charge is 0.321 e. The summed E-state index contributed by atoms with van der Waals surface area (Å²) in [4.78, 5) is 49.7. The molecule has 0 bridgehead atoms. The second-order valence-corrected chi connectivity index (χ2v) is 5.59. The zero-order valence-electron chi connectivity index (χ0n) is 16.0. The number of carboxylic acids is 4. The SMILES string of the molecule is N=C(N)NCCCC(N)C(=O)O.NC(=O)CC(N)C(=O)O.NC(CC(=O)O)C(=O)O. The second kappa shape index (κ2) is 17.6. The molecular formula is C14H29N7O9. The summed E-state index contributed by atoms with van der Waals surface area (Å²) in [5, 5.41) is 41.8. The molecule has 0 fully saturated rings. The number of rotatable bonds is 11. The number of hydrogen-bond acceptors (Lipinski definition) is 9. The van der Waals surface area contributed by atoms with E-state index in [0.717, 1.165) is 0 Å². The first-order valence-corrected chi connectivity index (χ1v) is 8.14. The highest BCUT2D eigenvalue weighted by Crippen LogP contribution is 1.92. The van der Waals surface area contributed by atoms with Crippen molar-refractivity contribution in [3.05, 3.63) is 0 Å². The van der Waals surface area contributed by atoms with Crippen molar-refractivity contribution in [3.8, 4) is 0 Å². The van der Waals surface area contributed by atoms with Gasteiger partial charge in [0, 0.05) is 6.54 Å². The summed E-state index contributed by atoms with van der Waals surface area (Å²) >= 11 is 0. The number of amides is 1. The van der Waals surface area contributed by atoms with Crippen LogP contribution in [0.1, 0.15) is 25.7 Å². The Hall–Kier alpha value is -3.50. The van der Waals surface area contributed by atoms with Gasteiger partial charge in [-0.2, -0.15) is 0 Å². The standard InChI is InChI=1S/C6H14N4O2.C4H8N2O3.C4H7NO4/c7-4(5(11)12)2-1-3-10-6(8)9;2*5-2(4(8)9)1-3(6)7/h4H,1-3,7H2,(H,11,12)(H4,8,9,10);2H,1,5H2,(H2,6,7)(H,8,9);2H,1,5H2,(H,6,7)(H,8,9). The summed E-state index contributed by atoms with van der Waals surface area (Å²) < 4.78 is 0. The molecular weight excluding hydrogens is 410 g/mol. The lowest BCUT2D eigenvalue weighted by Gasteiger charge is -2.06. The maximum Gasteiger partial charge on any atom is 0.321 e. The Morgan fingerprint density at radius 3 is 1.40 bits per heavy atom. The third kappa shape index (κ3) is 24.5. The van der Waals surface area contributed by atoms with Gasteiger partial charge in [0.15, 0.2) is 5.96 Å². The van der Waals surface area contributed by atoms with Crippen molar-refractivity contribution in [2.24, 2.45) is 28.7 Å². The lowest BCUT2D eigenvalue weighted by Crippen LogP contribution is -2.34. The molecule has 3 unspecified atom stereocenters. The molecule has 0 aromatic carbocycles. The molecule has 174 valence electrons. The molecule has 16 nitrogen and oxygen atoms in total. The third-order valence-electron chi connectivity index (χ3n) is 2.77. The van der Waals surface area contributed by atoms with Gasteiger partial charge in [-0.25, -0.2) is 0 Å². The van der Waals surface area contributed by atoms with Gasteiger partial charge in [-0.1, -0.05) is 0 Å². The average molecular weight is 439 g/mol. The molecule has 16 heteroatoms. The summed E-state index contributed by atoms with van der Waals surface area (Å²) in [6.45, 7) is 0.482. The summed E-state index contributed by atoms with van der Waals surface area (Å²) in [6.07, 6.45) is 0.132. The molecule has 1 amide bonds. The van der Waals surface area contributed by atoms with Gasteiger partial charge in [-0.15, -0.1) is 0 Å². The molecule has 0 aromatic rings. The van der Waals surface area contributed by atoms with Gasteiger partial charge < -0.3 is 54.4 Å². The van der Waals surface area contributed by atoms with Crippen LogP contribution < -0.4 is 34.0 Å². The third-order valence-corrected chi connectivity index (χ3v) is 2.77. The van der Waals surface area contributed by atoms with E-state index in [1.807, 2.05) is 0 Å². The number of carbonyl (C=O) groups excluding carboxylic acids is 1. The maximum atomic E-state index is 10.2. The van der Waals surface area contributed by atoms with Crippen molar-refractivity contribution in [1.82, 2.24) is 5.32 Å². The van der Waals surface area contributed by atoms with Crippen LogP contribution in [0.3, 0.4) is 0 Å². The van der Waals surface area contributed by atoms with Gasteiger partial charge in [0.1, 0.15) is 18.1 Å². The lowest BCUT2D eigenvalue weighted by molar-refractivity contribution is -0.144. The van der Waals surface area contributed by atoms with Gasteiger partial charge >= 0.3 is 23.9 Å². The van der Waals surface area contributed by atoms with Crippen LogP contribution in [-0.2, 0) is 24.0 Å². The highest BCUT2D eigenvalue weighted by Gasteiger charge is 2.14. The molecule has 0 aliphatic carbocycles. The molecule has 0 saturated heterocycles. The Balaban J connectivity index is -0.000000371. The molecule has 0 spiro atoms. The Kier molecular flexibility index (Phi) is 18.3. The average Bonchev–Trinajstić information content (AvgIpc) is 2.58. The second-order valence-electron chi connectivity index (χ2n) is 5.59. The number of aliphatic carboxylic acids is 4. The number of guanidine groups is 1. The van der Waals surface area contributed by atoms with E-state index in [0.29, 0.717) is 19.4 Å². The molecule has 0 rings (SSSR count). The van der Waals surface area contributed by atoms with Crippen molar-refractivity contribution in [2.75, 3.05) is 6.54 Å². The predicted molar refractivity (Wildman–Crippen MR) is 102 cm³/mol. The van der Waals surface area contributed by atoms with Gasteiger partial charge in [0.25, 0.3) is 0 Å². The predicted octanol–water partition coefficient (Wildman–Crippen LogP) is -4.19. The highest BCUT2D eigenvalue weighted by molar-refractivity contribution is 5.83. The number of hydrogen-bond donors (Lipinski definition) is 11. The van der Waals surface area contributed by atoms with Gasteiger partial charge in [0.05, 0.1) is 12.8 Å². The summed E-state index contributed by atoms with van der Waals surface area (Å²) in [6, 6.07) is -3.27. The maximum absolute atomic E-state index is 10.2. The first-order chi connectivity index (χ1) is 13.6. The molecule has 3 atom stereocenters. The summed E-state index contributed by atoms with van der Waals surface area (Å²) in [5.41, 5.74) is 24.6. The van der Waals surface area contributed by atoms with Crippen molar-refractivity contribution < 1.29 is 44.4 Å². The fourth-order valence-electron chi connectivity index (χ4n) is 1.25. The molecule has 0 heterocycles. The molecule has 0 aromatic heterocycles. The van der Waals surface area contributed by atoms with E-state index in [2.05, 4.69) is 11.1 Å². The van der Waals surface area contributed by atoms with E-state index in [1.54, 1.807) is 0 Å². The van der Waals surface area contributed by atoms with Crippen LogP contribution in [0.4, 0.5) is 0 Å². The minimum atomic E-state index is -1.29. The number of nitrogens with two attached hydrogens (primary N) is 5. The van der Waals surface area contributed by atoms with E-state index >= 15 is 0 Å². The Labute approximate surface area is 170 Å². The van der Waals surface area contributed by atoms with Crippen LogP contribution in [0.25, 0.3) is 0 Å². The lowest BCUT2D eigenvalue weighted by atomic mass is 10.2. The van der Waals surface area contributed by atoms with Crippen LogP contribution in [-0.4, -0.2) is 80.8 Å². The highest BCUT2D eigenvalue weighted by atomic mass is 16.4. The van der Waals surface area contributed by atoms with Crippen molar-refractivity contribution in [2.45, 2.75) is 43.8 Å². The van der Waals surface area contributed by atoms with E-state index < -0.39 is 54.3 Å². The van der Waals surface area contributed by atoms with Crippen LogP contribution in [0, 0.1) is 5.41 Å². The minimum absolute atomic E-state index is 0.112. The zero-order valence-corrected chi connectivity index (χ0v) is 16.0. The Morgan fingerprint density at radius 1 is 0.767 bits per heavy atom. The first-order valence-electron chi connectivity index (χ1n) is 8.14.